The monoisotopic (exact) mass is 926 g/mol. The van der Waals surface area contributed by atoms with Gasteiger partial charge in [-0.05, 0) is 113 Å². The van der Waals surface area contributed by atoms with Gasteiger partial charge in [0.2, 0.25) is 6.40 Å². The molecular formula is C55H58N8O6. The van der Waals surface area contributed by atoms with Crippen LogP contribution >= 0.6 is 0 Å². The van der Waals surface area contributed by atoms with Crippen molar-refractivity contribution in [3.05, 3.63) is 143 Å². The highest BCUT2D eigenvalue weighted by atomic mass is 17.2. The van der Waals surface area contributed by atoms with Crippen LogP contribution < -0.4 is 5.32 Å². The molecule has 3 amide bonds. The van der Waals surface area contributed by atoms with Crippen molar-refractivity contribution in [2.75, 3.05) is 14.2 Å². The van der Waals surface area contributed by atoms with Crippen molar-refractivity contribution in [2.24, 2.45) is 16.8 Å². The Kier molecular flexibility index (Phi) is 12.3. The lowest BCUT2D eigenvalue weighted by atomic mass is 9.84. The summed E-state index contributed by atoms with van der Waals surface area (Å²) in [7, 11) is 2.73. The van der Waals surface area contributed by atoms with Gasteiger partial charge in [-0.2, -0.15) is 4.89 Å². The third kappa shape index (κ3) is 8.49. The maximum atomic E-state index is 14.7. The number of aliphatic imine (C=N–C) groups is 1. The first-order chi connectivity index (χ1) is 33.9. The number of imidazole rings is 2. The van der Waals surface area contributed by atoms with Crippen molar-refractivity contribution in [2.45, 2.75) is 107 Å². The van der Waals surface area contributed by atoms with Crippen molar-refractivity contribution in [1.82, 2.24) is 35.1 Å². The molecule has 4 fully saturated rings. The largest absolute Gasteiger partial charge is 0.453 e. The second-order valence-corrected chi connectivity index (χ2v) is 19.3. The van der Waals surface area contributed by atoms with E-state index in [-0.39, 0.29) is 36.0 Å². The summed E-state index contributed by atoms with van der Waals surface area (Å²) in [5.74, 6) is 2.10. The summed E-state index contributed by atoms with van der Waals surface area (Å²) in [6.45, 7) is 0. The molecule has 3 aliphatic carbocycles. The summed E-state index contributed by atoms with van der Waals surface area (Å²) >= 11 is 0. The van der Waals surface area contributed by atoms with Gasteiger partial charge in [0, 0.05) is 12.1 Å². The van der Waals surface area contributed by atoms with E-state index in [0.717, 1.165) is 104 Å². The van der Waals surface area contributed by atoms with E-state index in [2.05, 4.69) is 61.6 Å². The Labute approximate surface area is 401 Å². The maximum absolute atomic E-state index is 14.7. The number of aromatic nitrogens is 4. The lowest BCUT2D eigenvalue weighted by molar-refractivity contribution is -0.188. The molecule has 0 bridgehead atoms. The number of hydrogen-bond donors (Lipinski definition) is 3. The van der Waals surface area contributed by atoms with E-state index in [9.17, 15) is 14.4 Å². The predicted molar refractivity (Wildman–Crippen MR) is 260 cm³/mol. The fourth-order valence-electron chi connectivity index (χ4n) is 12.3. The number of amides is 3. The molecule has 4 aromatic carbocycles. The summed E-state index contributed by atoms with van der Waals surface area (Å²) in [4.78, 5) is 77.6. The first kappa shape index (κ1) is 44.4. The third-order valence-corrected chi connectivity index (χ3v) is 15.5. The number of aromatic amines is 2. The molecule has 0 unspecified atom stereocenters. The first-order valence-corrected chi connectivity index (χ1v) is 24.5. The Bertz CT molecular complexity index is 2860. The van der Waals surface area contributed by atoms with Gasteiger partial charge < -0.3 is 34.7 Å². The van der Waals surface area contributed by atoms with Gasteiger partial charge in [-0.25, -0.2) is 19.8 Å². The smallest absolute Gasteiger partial charge is 0.407 e. The van der Waals surface area contributed by atoms with E-state index in [4.69, 9.17) is 24.5 Å². The first-order valence-electron chi connectivity index (χ1n) is 24.5. The molecular weight excluding hydrogens is 869 g/mol. The average molecular weight is 927 g/mol. The molecule has 3 N–H and O–H groups in total. The van der Waals surface area contributed by atoms with Gasteiger partial charge >= 0.3 is 6.09 Å². The van der Waals surface area contributed by atoms with Crippen LogP contribution in [0, 0.1) is 11.8 Å². The van der Waals surface area contributed by atoms with Crippen molar-refractivity contribution >= 4 is 24.3 Å². The Balaban J connectivity index is 0.827. The third-order valence-electron chi connectivity index (χ3n) is 15.5. The number of methoxy groups -OCH3 is 1. The second-order valence-electron chi connectivity index (χ2n) is 19.3. The highest BCUT2D eigenvalue weighted by Crippen LogP contribution is 2.49. The molecule has 14 heteroatoms. The van der Waals surface area contributed by atoms with Gasteiger partial charge in [0.05, 0.1) is 50.1 Å². The number of benzene rings is 4. The number of fused-ring (bicyclic) bond motifs is 5. The van der Waals surface area contributed by atoms with Crippen molar-refractivity contribution < 1.29 is 28.9 Å². The number of carbonyl (C=O) groups is 3. The SMILES string of the molecule is COO/C=N/[C@@H](C(=O)N1[C@H](c2ncc(-c3ccc4c(c3)Cc3cc(-c5cnc([C@@H]6C[C@@H]7CCCC[C@@H]7N6C(=O)[C@H](NC(=O)OC)c6ccccc6)[nH]5)ccc3-4)[nH]2)C[C@@H]2CCCC[C@@H]21)c1ccccc1. The van der Waals surface area contributed by atoms with Crippen molar-refractivity contribution in [3.63, 3.8) is 0 Å². The summed E-state index contributed by atoms with van der Waals surface area (Å²) < 4.78 is 4.97. The van der Waals surface area contributed by atoms with E-state index in [1.54, 1.807) is 0 Å². The van der Waals surface area contributed by atoms with Crippen LogP contribution in [0.4, 0.5) is 4.79 Å². The van der Waals surface area contributed by atoms with Crippen LogP contribution in [0.15, 0.2) is 114 Å². The van der Waals surface area contributed by atoms with Crippen LogP contribution in [-0.4, -0.2) is 80.3 Å². The molecule has 0 radical (unpaired) electrons. The predicted octanol–water partition coefficient (Wildman–Crippen LogP) is 10.1. The number of hydrogen-bond acceptors (Lipinski definition) is 9. The molecule has 4 heterocycles. The fraction of sp³-hybridized carbons (Fsp3) is 0.382. The zero-order chi connectivity index (χ0) is 47.0. The number of nitrogens with one attached hydrogen (secondary N) is 3. The number of likely N-dealkylation sites (tertiary alicyclic amines) is 2. The number of H-pyrrole nitrogens is 2. The Morgan fingerprint density at radius 2 is 1.20 bits per heavy atom. The van der Waals surface area contributed by atoms with Crippen molar-refractivity contribution in [3.8, 4) is 33.6 Å². The van der Waals surface area contributed by atoms with Crippen molar-refractivity contribution in [1.29, 1.82) is 0 Å². The standard InChI is InChI=1S/C55H58N8O6/c1-67-55(66)61-50(34-15-7-4-8-16-34)54(65)63-46-20-12-10-18-38(46)29-48(63)52-57-31-44(60-52)36-22-24-42-40(26-36)27-39-25-35(21-23-41(39)42)43-30-56-51(59-43)47-28-37-17-9-11-19-45(37)62(47)53(64)49(58-32-69-68-2)33-13-5-3-6-14-33/h3-8,13-16,21-26,30-32,37-38,45-50H,9-12,17-20,27-29H2,1-2H3,(H,56,59)(H,57,60)(H,61,66)/b58-32+/t37-,38-,45-,46-,47-,48-,49+,50+/m0/s1. The zero-order valence-electron chi connectivity index (χ0n) is 39.1. The Hall–Kier alpha value is -7.06. The van der Waals surface area contributed by atoms with Crippen LogP contribution in [0.3, 0.4) is 0 Å². The number of alkyl carbamates (subject to hydrolysis) is 1. The van der Waals surface area contributed by atoms with Crippen LogP contribution in [0.1, 0.15) is 122 Å². The minimum absolute atomic E-state index is 0.0640. The molecule has 0 spiro atoms. The lowest BCUT2D eigenvalue weighted by Gasteiger charge is -2.36. The summed E-state index contributed by atoms with van der Waals surface area (Å²) in [6.07, 6.45) is 15.3. The molecule has 2 aromatic heterocycles. The fourth-order valence-corrected chi connectivity index (χ4v) is 12.3. The van der Waals surface area contributed by atoms with Gasteiger partial charge in [-0.15, -0.1) is 0 Å². The van der Waals surface area contributed by atoms with E-state index in [0.29, 0.717) is 17.4 Å². The van der Waals surface area contributed by atoms with E-state index in [1.807, 2.05) is 78.0 Å². The van der Waals surface area contributed by atoms with Gasteiger partial charge in [-0.3, -0.25) is 9.59 Å². The van der Waals surface area contributed by atoms with Crippen LogP contribution in [0.25, 0.3) is 33.6 Å². The average Bonchev–Trinajstić information content (AvgIpc) is 4.25. The molecule has 14 nitrogen and oxygen atoms in total. The molecule has 2 aliphatic heterocycles. The Morgan fingerprint density at radius 1 is 0.681 bits per heavy atom. The minimum atomic E-state index is -0.885. The quantitative estimate of drug-likeness (QED) is 0.0471. The van der Waals surface area contributed by atoms with Gasteiger partial charge in [0.25, 0.3) is 11.8 Å². The Morgan fingerprint density at radius 3 is 1.74 bits per heavy atom. The van der Waals surface area contributed by atoms with Crippen LogP contribution in [0.5, 0.6) is 0 Å². The lowest BCUT2D eigenvalue weighted by Crippen LogP contribution is -2.47. The normalized spacial score (nSPS) is 23.4. The molecule has 8 atom stereocenters. The number of nitrogens with zero attached hydrogens (tertiary/aromatic N) is 5. The minimum Gasteiger partial charge on any atom is -0.453 e. The molecule has 69 heavy (non-hydrogen) atoms. The molecule has 5 aliphatic rings. The highest BCUT2D eigenvalue weighted by Gasteiger charge is 2.49. The van der Waals surface area contributed by atoms with Gasteiger partial charge in [0.1, 0.15) is 17.7 Å². The molecule has 354 valence electrons. The van der Waals surface area contributed by atoms with E-state index >= 15 is 0 Å². The highest BCUT2D eigenvalue weighted by molar-refractivity contribution is 5.88. The number of ether oxygens (including phenoxy) is 1. The zero-order valence-corrected chi connectivity index (χ0v) is 39.1. The molecule has 2 saturated heterocycles. The van der Waals surface area contributed by atoms with Gasteiger partial charge in [-0.1, -0.05) is 111 Å². The second kappa shape index (κ2) is 19.1. The topological polar surface area (TPSA) is 167 Å². The summed E-state index contributed by atoms with van der Waals surface area (Å²) in [5.41, 5.74) is 10.3. The maximum Gasteiger partial charge on any atom is 0.407 e. The summed E-state index contributed by atoms with van der Waals surface area (Å²) in [6, 6.07) is 30.3. The number of rotatable bonds is 12. The van der Waals surface area contributed by atoms with Gasteiger partial charge in [0.15, 0.2) is 6.04 Å². The van der Waals surface area contributed by atoms with E-state index < -0.39 is 18.2 Å². The van der Waals surface area contributed by atoms with E-state index in [1.165, 1.54) is 49.3 Å². The molecule has 2 saturated carbocycles. The van der Waals surface area contributed by atoms with Crippen LogP contribution in [-0.2, 0) is 30.5 Å². The molecule has 6 aromatic rings. The summed E-state index contributed by atoms with van der Waals surface area (Å²) in [5, 5.41) is 2.83. The van der Waals surface area contributed by atoms with Crippen LogP contribution in [0.2, 0.25) is 0 Å². The molecule has 11 rings (SSSR count). The number of carbonyl (C=O) groups excluding carboxylic acids is 3.